The van der Waals surface area contributed by atoms with Crippen LogP contribution in [-0.2, 0) is 12.8 Å². The third-order valence-electron chi connectivity index (χ3n) is 3.53. The van der Waals surface area contributed by atoms with E-state index in [0.29, 0.717) is 0 Å². The first-order valence-electron chi connectivity index (χ1n) is 6.87. The second kappa shape index (κ2) is 7.43. The second-order valence-electron chi connectivity index (χ2n) is 4.95. The minimum atomic E-state index is -0.331. The summed E-state index contributed by atoms with van der Waals surface area (Å²) in [4.78, 5) is 0. The van der Waals surface area contributed by atoms with Crippen molar-refractivity contribution in [3.63, 3.8) is 0 Å². The fourth-order valence-corrected chi connectivity index (χ4v) is 2.54. The number of hydrogen-bond acceptors (Lipinski definition) is 2. The molecule has 1 atom stereocenters. The number of rotatable bonds is 6. The molecule has 2 rings (SSSR count). The molecule has 0 fully saturated rings. The Morgan fingerprint density at radius 1 is 1.19 bits per heavy atom. The van der Waals surface area contributed by atoms with E-state index in [-0.39, 0.29) is 17.6 Å². The molecule has 0 aliphatic heterocycles. The van der Waals surface area contributed by atoms with E-state index in [1.165, 1.54) is 13.2 Å². The maximum Gasteiger partial charge on any atom is 0.165 e. The predicted octanol–water partition coefficient (Wildman–Crippen LogP) is 3.86. The molecule has 0 bridgehead atoms. The van der Waals surface area contributed by atoms with Crippen LogP contribution in [0.25, 0.3) is 0 Å². The summed E-state index contributed by atoms with van der Waals surface area (Å²) in [6, 6.07) is 13.1. The molecule has 0 aromatic heterocycles. The lowest BCUT2D eigenvalue weighted by Gasteiger charge is -2.17. The zero-order chi connectivity index (χ0) is 15.2. The van der Waals surface area contributed by atoms with Gasteiger partial charge in [-0.2, -0.15) is 0 Å². The highest BCUT2D eigenvalue weighted by atomic mass is 35.5. The Labute approximate surface area is 129 Å². The fraction of sp³-hybridized carbons (Fsp3) is 0.294. The fourth-order valence-electron chi connectivity index (χ4n) is 2.33. The van der Waals surface area contributed by atoms with Crippen LogP contribution in [0.2, 0.25) is 5.02 Å². The van der Waals surface area contributed by atoms with Gasteiger partial charge < -0.3 is 10.1 Å². The van der Waals surface area contributed by atoms with E-state index in [1.54, 1.807) is 6.07 Å². The van der Waals surface area contributed by atoms with E-state index in [1.807, 2.05) is 37.4 Å². The van der Waals surface area contributed by atoms with E-state index in [4.69, 9.17) is 16.3 Å². The minimum absolute atomic E-state index is 0.192. The van der Waals surface area contributed by atoms with E-state index in [0.717, 1.165) is 29.0 Å². The van der Waals surface area contributed by atoms with Gasteiger partial charge in [0, 0.05) is 11.1 Å². The van der Waals surface area contributed by atoms with Crippen LogP contribution in [0.1, 0.15) is 11.1 Å². The van der Waals surface area contributed by atoms with Gasteiger partial charge in [0.15, 0.2) is 11.6 Å². The Bertz CT molecular complexity index is 603. The molecular weight excluding hydrogens is 289 g/mol. The van der Waals surface area contributed by atoms with Crippen LogP contribution < -0.4 is 10.1 Å². The van der Waals surface area contributed by atoms with Gasteiger partial charge in [-0.25, -0.2) is 4.39 Å². The quantitative estimate of drug-likeness (QED) is 0.875. The maximum absolute atomic E-state index is 13.7. The minimum Gasteiger partial charge on any atom is -0.494 e. The lowest BCUT2D eigenvalue weighted by atomic mass is 9.99. The van der Waals surface area contributed by atoms with Gasteiger partial charge in [0.05, 0.1) is 7.11 Å². The molecule has 2 aromatic rings. The summed E-state index contributed by atoms with van der Waals surface area (Å²) < 4.78 is 18.7. The van der Waals surface area contributed by atoms with Crippen molar-refractivity contribution in [2.45, 2.75) is 18.9 Å². The smallest absolute Gasteiger partial charge is 0.165 e. The average Bonchev–Trinajstić information content (AvgIpc) is 2.49. The zero-order valence-corrected chi connectivity index (χ0v) is 13.0. The van der Waals surface area contributed by atoms with Crippen molar-refractivity contribution in [2.24, 2.45) is 0 Å². The highest BCUT2D eigenvalue weighted by molar-refractivity contribution is 6.31. The largest absolute Gasteiger partial charge is 0.494 e. The van der Waals surface area contributed by atoms with Crippen molar-refractivity contribution >= 4 is 11.6 Å². The first-order chi connectivity index (χ1) is 10.1. The SMILES string of the molecule is CNC(Cc1ccc(OC)c(F)c1)Cc1ccccc1Cl. The highest BCUT2D eigenvalue weighted by Gasteiger charge is 2.12. The van der Waals surface area contributed by atoms with Gasteiger partial charge in [0.2, 0.25) is 0 Å². The van der Waals surface area contributed by atoms with Crippen LogP contribution in [0.15, 0.2) is 42.5 Å². The molecule has 0 aliphatic carbocycles. The van der Waals surface area contributed by atoms with Crippen LogP contribution in [0.5, 0.6) is 5.75 Å². The lowest BCUT2D eigenvalue weighted by Crippen LogP contribution is -2.30. The Morgan fingerprint density at radius 3 is 2.57 bits per heavy atom. The topological polar surface area (TPSA) is 21.3 Å². The molecule has 0 radical (unpaired) electrons. The monoisotopic (exact) mass is 307 g/mol. The normalized spacial score (nSPS) is 12.2. The number of halogens is 2. The van der Waals surface area contributed by atoms with Crippen molar-refractivity contribution in [1.29, 1.82) is 0 Å². The summed E-state index contributed by atoms with van der Waals surface area (Å²) in [5.74, 6) is -0.0616. The molecule has 0 saturated carbocycles. The standard InChI is InChI=1S/C17H19ClFNO/c1-20-14(11-13-5-3-4-6-15(13)18)9-12-7-8-17(21-2)16(19)10-12/h3-8,10,14,20H,9,11H2,1-2H3. The molecule has 21 heavy (non-hydrogen) atoms. The maximum atomic E-state index is 13.7. The molecule has 2 aromatic carbocycles. The predicted molar refractivity (Wildman–Crippen MR) is 84.7 cm³/mol. The molecule has 4 heteroatoms. The first-order valence-corrected chi connectivity index (χ1v) is 7.25. The Balaban J connectivity index is 2.09. The summed E-state index contributed by atoms with van der Waals surface area (Å²) in [5, 5.41) is 4.02. The first kappa shape index (κ1) is 15.8. The van der Waals surface area contributed by atoms with Gasteiger partial charge in [-0.15, -0.1) is 0 Å². The Kier molecular flexibility index (Phi) is 5.59. The van der Waals surface area contributed by atoms with Gasteiger partial charge >= 0.3 is 0 Å². The molecule has 0 aliphatic rings. The Hall–Kier alpha value is -1.58. The zero-order valence-electron chi connectivity index (χ0n) is 12.2. The molecule has 1 N–H and O–H groups in total. The van der Waals surface area contributed by atoms with Crippen molar-refractivity contribution in [1.82, 2.24) is 5.32 Å². The summed E-state index contributed by atoms with van der Waals surface area (Å²) in [6.07, 6.45) is 1.52. The van der Waals surface area contributed by atoms with Crippen LogP contribution >= 0.6 is 11.6 Å². The van der Waals surface area contributed by atoms with E-state index < -0.39 is 0 Å². The van der Waals surface area contributed by atoms with E-state index in [9.17, 15) is 4.39 Å². The molecule has 0 saturated heterocycles. The average molecular weight is 308 g/mol. The number of benzene rings is 2. The second-order valence-corrected chi connectivity index (χ2v) is 5.36. The van der Waals surface area contributed by atoms with Crippen LogP contribution in [0.3, 0.4) is 0 Å². The van der Waals surface area contributed by atoms with Gasteiger partial charge in [0.25, 0.3) is 0 Å². The van der Waals surface area contributed by atoms with E-state index >= 15 is 0 Å². The van der Waals surface area contributed by atoms with Crippen molar-refractivity contribution in [3.05, 3.63) is 64.4 Å². The van der Waals surface area contributed by atoms with Gasteiger partial charge in [-0.05, 0) is 49.2 Å². The number of likely N-dealkylation sites (N-methyl/N-ethyl adjacent to an activating group) is 1. The van der Waals surface area contributed by atoms with Gasteiger partial charge in [-0.1, -0.05) is 35.9 Å². The van der Waals surface area contributed by atoms with E-state index in [2.05, 4.69) is 5.32 Å². The van der Waals surface area contributed by atoms with Crippen LogP contribution in [-0.4, -0.2) is 20.2 Å². The summed E-state index contributed by atoms with van der Waals surface area (Å²) in [6.45, 7) is 0. The molecule has 0 amide bonds. The number of nitrogens with one attached hydrogen (secondary N) is 1. The van der Waals surface area contributed by atoms with Crippen molar-refractivity contribution in [3.8, 4) is 5.75 Å². The molecular formula is C17H19ClFNO. The van der Waals surface area contributed by atoms with Gasteiger partial charge in [-0.3, -0.25) is 0 Å². The van der Waals surface area contributed by atoms with Gasteiger partial charge in [0.1, 0.15) is 0 Å². The van der Waals surface area contributed by atoms with Crippen molar-refractivity contribution in [2.75, 3.05) is 14.2 Å². The van der Waals surface area contributed by atoms with Crippen LogP contribution in [0.4, 0.5) is 4.39 Å². The third kappa shape index (κ3) is 4.19. The molecule has 0 heterocycles. The number of methoxy groups -OCH3 is 1. The lowest BCUT2D eigenvalue weighted by molar-refractivity contribution is 0.386. The Morgan fingerprint density at radius 2 is 1.95 bits per heavy atom. The van der Waals surface area contributed by atoms with Crippen LogP contribution in [0, 0.1) is 5.82 Å². The highest BCUT2D eigenvalue weighted by Crippen LogP contribution is 2.21. The number of ether oxygens (including phenoxy) is 1. The summed E-state index contributed by atoms with van der Waals surface area (Å²) in [5.41, 5.74) is 2.02. The summed E-state index contributed by atoms with van der Waals surface area (Å²) in [7, 11) is 3.37. The number of hydrogen-bond donors (Lipinski definition) is 1. The molecule has 2 nitrogen and oxygen atoms in total. The third-order valence-corrected chi connectivity index (χ3v) is 3.90. The van der Waals surface area contributed by atoms with Crippen molar-refractivity contribution < 1.29 is 9.13 Å². The molecule has 1 unspecified atom stereocenters. The summed E-state index contributed by atoms with van der Waals surface area (Å²) >= 11 is 6.19. The molecule has 0 spiro atoms. The molecule has 112 valence electrons.